The summed E-state index contributed by atoms with van der Waals surface area (Å²) in [6.07, 6.45) is 5.60. The molecule has 0 aromatic carbocycles. The molecule has 1 saturated heterocycles. The molecule has 1 aliphatic heterocycles. The molecule has 0 aliphatic carbocycles. The third-order valence-corrected chi connectivity index (χ3v) is 4.09. The molecule has 1 rings (SSSR count). The van der Waals surface area contributed by atoms with Gasteiger partial charge in [0.2, 0.25) is 0 Å². The maximum absolute atomic E-state index is 9.48. The Hall–Kier alpha value is -0.770. The highest BCUT2D eigenvalue weighted by Gasteiger charge is 2.25. The van der Waals surface area contributed by atoms with Crippen LogP contribution in [0.4, 0.5) is 0 Å². The number of aliphatic hydroxyl groups excluding tert-OH is 1. The Morgan fingerprint density at radius 2 is 1.82 bits per heavy atom. The van der Waals surface area contributed by atoms with Gasteiger partial charge in [0.15, 0.2) is 5.96 Å². The monoisotopic (exact) mass is 241 g/mol. The first kappa shape index (κ1) is 14.3. The van der Waals surface area contributed by atoms with Crippen LogP contribution in [0, 0.1) is 5.41 Å². The minimum atomic E-state index is -0.0829. The van der Waals surface area contributed by atoms with Crippen LogP contribution in [-0.2, 0) is 0 Å². The van der Waals surface area contributed by atoms with E-state index < -0.39 is 0 Å². The molecule has 1 aliphatic rings. The van der Waals surface area contributed by atoms with Gasteiger partial charge in [-0.1, -0.05) is 13.8 Å². The first-order valence-electron chi connectivity index (χ1n) is 6.83. The smallest absolute Gasteiger partial charge is 0.191 e. The molecule has 100 valence electrons. The number of aliphatic hydroxyl groups is 1. The lowest BCUT2D eigenvalue weighted by molar-refractivity contribution is 0.123. The van der Waals surface area contributed by atoms with Crippen LogP contribution in [0.25, 0.3) is 0 Å². The van der Waals surface area contributed by atoms with Crippen LogP contribution < -0.4 is 5.73 Å². The Kier molecular flexibility index (Phi) is 5.75. The quantitative estimate of drug-likeness (QED) is 0.567. The zero-order valence-corrected chi connectivity index (χ0v) is 11.3. The molecule has 0 unspecified atom stereocenters. The average molecular weight is 241 g/mol. The van der Waals surface area contributed by atoms with E-state index in [2.05, 4.69) is 23.7 Å². The fourth-order valence-corrected chi connectivity index (χ4v) is 2.22. The van der Waals surface area contributed by atoms with Gasteiger partial charge in [0, 0.05) is 18.5 Å². The molecule has 4 heteroatoms. The Labute approximate surface area is 105 Å². The standard InChI is InChI=1S/C13H27N3O/c1-3-13(4-2,11-17)10-15-12(14)16-8-6-5-7-9-16/h17H,3-11H2,1-2H3,(H2,14,15). The summed E-state index contributed by atoms with van der Waals surface area (Å²) in [5, 5.41) is 9.48. The zero-order chi connectivity index (χ0) is 12.7. The van der Waals surface area contributed by atoms with E-state index in [1.807, 2.05) is 0 Å². The highest BCUT2D eigenvalue weighted by atomic mass is 16.3. The molecule has 17 heavy (non-hydrogen) atoms. The molecule has 3 N–H and O–H groups in total. The van der Waals surface area contributed by atoms with Gasteiger partial charge in [0.05, 0.1) is 13.2 Å². The molecular formula is C13H27N3O. The molecule has 1 fully saturated rings. The average Bonchev–Trinajstić information content (AvgIpc) is 2.41. The van der Waals surface area contributed by atoms with Crippen molar-refractivity contribution in [3.63, 3.8) is 0 Å². The molecule has 0 aromatic heterocycles. The van der Waals surface area contributed by atoms with Crippen molar-refractivity contribution in [3.8, 4) is 0 Å². The van der Waals surface area contributed by atoms with Gasteiger partial charge in [-0.2, -0.15) is 0 Å². The van der Waals surface area contributed by atoms with Gasteiger partial charge in [0.25, 0.3) is 0 Å². The van der Waals surface area contributed by atoms with Crippen molar-refractivity contribution in [1.29, 1.82) is 0 Å². The van der Waals surface area contributed by atoms with Crippen LogP contribution in [0.1, 0.15) is 46.0 Å². The van der Waals surface area contributed by atoms with Gasteiger partial charge in [0.1, 0.15) is 0 Å². The zero-order valence-electron chi connectivity index (χ0n) is 11.3. The Balaban J connectivity index is 2.55. The van der Waals surface area contributed by atoms with E-state index in [1.165, 1.54) is 19.3 Å². The number of hydrogen-bond acceptors (Lipinski definition) is 2. The summed E-state index contributed by atoms with van der Waals surface area (Å²) >= 11 is 0. The summed E-state index contributed by atoms with van der Waals surface area (Å²) in [6, 6.07) is 0. The number of piperidine rings is 1. The summed E-state index contributed by atoms with van der Waals surface area (Å²) in [4.78, 5) is 6.66. The van der Waals surface area contributed by atoms with E-state index in [-0.39, 0.29) is 12.0 Å². The minimum Gasteiger partial charge on any atom is -0.396 e. The molecule has 0 atom stereocenters. The van der Waals surface area contributed by atoms with Crippen molar-refractivity contribution in [1.82, 2.24) is 4.90 Å². The van der Waals surface area contributed by atoms with E-state index in [9.17, 15) is 5.11 Å². The number of nitrogens with two attached hydrogens (primary N) is 1. The first-order chi connectivity index (χ1) is 8.17. The van der Waals surface area contributed by atoms with Gasteiger partial charge < -0.3 is 15.7 Å². The highest BCUT2D eigenvalue weighted by Crippen LogP contribution is 2.25. The van der Waals surface area contributed by atoms with Gasteiger partial charge in [-0.15, -0.1) is 0 Å². The fraction of sp³-hybridized carbons (Fsp3) is 0.923. The maximum Gasteiger partial charge on any atom is 0.191 e. The lowest BCUT2D eigenvalue weighted by Crippen LogP contribution is -2.41. The van der Waals surface area contributed by atoms with Crippen molar-refractivity contribution < 1.29 is 5.11 Å². The molecule has 1 heterocycles. The Morgan fingerprint density at radius 3 is 2.29 bits per heavy atom. The molecule has 0 saturated carbocycles. The predicted molar refractivity (Wildman–Crippen MR) is 72.0 cm³/mol. The van der Waals surface area contributed by atoms with Crippen LogP contribution in [0.15, 0.2) is 4.99 Å². The third kappa shape index (κ3) is 3.87. The number of likely N-dealkylation sites (tertiary alicyclic amines) is 1. The van der Waals surface area contributed by atoms with Crippen molar-refractivity contribution in [2.45, 2.75) is 46.0 Å². The van der Waals surface area contributed by atoms with Crippen LogP contribution in [-0.4, -0.2) is 42.2 Å². The highest BCUT2D eigenvalue weighted by molar-refractivity contribution is 5.78. The van der Waals surface area contributed by atoms with Gasteiger partial charge in [-0.05, 0) is 32.1 Å². The summed E-state index contributed by atoms with van der Waals surface area (Å²) in [7, 11) is 0. The van der Waals surface area contributed by atoms with Gasteiger partial charge in [-0.25, -0.2) is 0 Å². The maximum atomic E-state index is 9.48. The molecule has 0 spiro atoms. The predicted octanol–water partition coefficient (Wildman–Crippen LogP) is 1.59. The number of guanidine groups is 1. The molecular weight excluding hydrogens is 214 g/mol. The summed E-state index contributed by atoms with van der Waals surface area (Å²) in [5.41, 5.74) is 5.93. The van der Waals surface area contributed by atoms with Crippen LogP contribution >= 0.6 is 0 Å². The summed E-state index contributed by atoms with van der Waals surface area (Å²) in [5.74, 6) is 0.657. The van der Waals surface area contributed by atoms with Gasteiger partial charge in [-0.3, -0.25) is 4.99 Å². The van der Waals surface area contributed by atoms with Crippen LogP contribution in [0.5, 0.6) is 0 Å². The largest absolute Gasteiger partial charge is 0.396 e. The second-order valence-electron chi connectivity index (χ2n) is 5.09. The normalized spacial score (nSPS) is 18.5. The van der Waals surface area contributed by atoms with E-state index in [0.717, 1.165) is 25.9 Å². The lowest BCUT2D eigenvalue weighted by atomic mass is 9.83. The molecule has 0 amide bonds. The molecule has 0 bridgehead atoms. The summed E-state index contributed by atoms with van der Waals surface area (Å²) < 4.78 is 0. The van der Waals surface area contributed by atoms with E-state index in [4.69, 9.17) is 5.73 Å². The van der Waals surface area contributed by atoms with Crippen molar-refractivity contribution >= 4 is 5.96 Å². The fourth-order valence-electron chi connectivity index (χ4n) is 2.22. The Bertz CT molecular complexity index is 235. The van der Waals surface area contributed by atoms with E-state index >= 15 is 0 Å². The van der Waals surface area contributed by atoms with Crippen molar-refractivity contribution in [2.75, 3.05) is 26.2 Å². The molecule has 0 aromatic rings. The van der Waals surface area contributed by atoms with E-state index in [0.29, 0.717) is 12.5 Å². The second-order valence-corrected chi connectivity index (χ2v) is 5.09. The van der Waals surface area contributed by atoms with Crippen molar-refractivity contribution in [3.05, 3.63) is 0 Å². The first-order valence-corrected chi connectivity index (χ1v) is 6.83. The van der Waals surface area contributed by atoms with Crippen LogP contribution in [0.3, 0.4) is 0 Å². The van der Waals surface area contributed by atoms with Gasteiger partial charge >= 0.3 is 0 Å². The topological polar surface area (TPSA) is 61.9 Å². The van der Waals surface area contributed by atoms with Crippen molar-refractivity contribution in [2.24, 2.45) is 16.1 Å². The number of aliphatic imine (C=N–C) groups is 1. The van der Waals surface area contributed by atoms with E-state index in [1.54, 1.807) is 0 Å². The van der Waals surface area contributed by atoms with Crippen LogP contribution in [0.2, 0.25) is 0 Å². The Morgan fingerprint density at radius 1 is 1.24 bits per heavy atom. The number of nitrogens with zero attached hydrogens (tertiary/aromatic N) is 2. The number of hydrogen-bond donors (Lipinski definition) is 2. The number of rotatable bonds is 5. The third-order valence-electron chi connectivity index (χ3n) is 4.09. The summed E-state index contributed by atoms with van der Waals surface area (Å²) in [6.45, 7) is 7.09. The minimum absolute atomic E-state index is 0.0829. The SMILES string of the molecule is CCC(CC)(CO)CN=C(N)N1CCCCC1. The second kappa shape index (κ2) is 6.84. The molecule has 0 radical (unpaired) electrons. The lowest BCUT2D eigenvalue weighted by Gasteiger charge is -2.30. The molecule has 4 nitrogen and oxygen atoms in total.